The number of nitriles is 1. The lowest BCUT2D eigenvalue weighted by molar-refractivity contribution is -0.158. The summed E-state index contributed by atoms with van der Waals surface area (Å²) in [5, 5.41) is 21.5. The number of hydroxylamine groups is 2. The zero-order valence-electron chi connectivity index (χ0n) is 9.88. The fourth-order valence-electron chi connectivity index (χ4n) is 3.29. The summed E-state index contributed by atoms with van der Waals surface area (Å²) in [5.74, 6) is 0. The minimum absolute atomic E-state index is 0.0855. The first-order valence-electron chi connectivity index (χ1n) is 6.14. The molecular weight excluding hydrogens is 250 g/mol. The van der Waals surface area contributed by atoms with Gasteiger partial charge in [0.25, 0.3) is 0 Å². The van der Waals surface area contributed by atoms with Crippen molar-refractivity contribution in [2.75, 3.05) is 0 Å². The van der Waals surface area contributed by atoms with E-state index in [0.29, 0.717) is 17.9 Å². The molecule has 18 heavy (non-hydrogen) atoms. The Hall–Kier alpha value is -1.15. The fourth-order valence-corrected chi connectivity index (χ4v) is 3.47. The molecule has 0 aromatic carbocycles. The number of aromatic nitrogens is 1. The molecule has 1 N–H and O–H groups in total. The molecule has 1 aromatic heterocycles. The highest BCUT2D eigenvalue weighted by Crippen LogP contribution is 2.46. The van der Waals surface area contributed by atoms with Gasteiger partial charge in [-0.25, -0.2) is 0 Å². The van der Waals surface area contributed by atoms with Crippen LogP contribution >= 0.6 is 11.6 Å². The van der Waals surface area contributed by atoms with Gasteiger partial charge in [0.15, 0.2) is 0 Å². The quantitative estimate of drug-likeness (QED) is 0.846. The second-order valence-corrected chi connectivity index (χ2v) is 5.70. The molecule has 1 unspecified atom stereocenters. The molecule has 4 nitrogen and oxygen atoms in total. The SMILES string of the molecule is N#CC1(c2cncc(Cl)c2)C[C@H]2CC[C@@H](C1)N2O. The minimum atomic E-state index is -0.553. The molecule has 0 radical (unpaired) electrons. The molecule has 1 aromatic rings. The number of rotatable bonds is 1. The van der Waals surface area contributed by atoms with Crippen molar-refractivity contribution >= 4 is 11.6 Å². The average Bonchev–Trinajstić information content (AvgIpc) is 2.62. The van der Waals surface area contributed by atoms with E-state index < -0.39 is 5.41 Å². The zero-order valence-corrected chi connectivity index (χ0v) is 10.6. The highest BCUT2D eigenvalue weighted by Gasteiger charge is 2.49. The lowest BCUT2D eigenvalue weighted by Crippen LogP contribution is -2.47. The average molecular weight is 264 g/mol. The van der Waals surface area contributed by atoms with E-state index in [1.165, 1.54) is 5.06 Å². The van der Waals surface area contributed by atoms with Gasteiger partial charge < -0.3 is 5.21 Å². The Morgan fingerprint density at radius 3 is 2.61 bits per heavy atom. The molecule has 94 valence electrons. The molecule has 2 fully saturated rings. The predicted octanol–water partition coefficient (Wildman–Crippen LogP) is 2.51. The number of pyridine rings is 1. The van der Waals surface area contributed by atoms with Crippen LogP contribution in [-0.4, -0.2) is 27.3 Å². The van der Waals surface area contributed by atoms with Gasteiger partial charge in [-0.3, -0.25) is 4.98 Å². The zero-order chi connectivity index (χ0) is 12.8. The van der Waals surface area contributed by atoms with Crippen LogP contribution in [0.4, 0.5) is 0 Å². The molecular formula is C13H14ClN3O. The summed E-state index contributed by atoms with van der Waals surface area (Å²) in [4.78, 5) is 4.08. The molecule has 3 heterocycles. The molecule has 0 aliphatic carbocycles. The van der Waals surface area contributed by atoms with E-state index in [9.17, 15) is 10.5 Å². The molecule has 0 amide bonds. The van der Waals surface area contributed by atoms with Crippen LogP contribution in [0.2, 0.25) is 5.02 Å². The molecule has 5 heteroatoms. The number of halogens is 1. The van der Waals surface area contributed by atoms with Gasteiger partial charge in [0.1, 0.15) is 0 Å². The Balaban J connectivity index is 2.00. The Morgan fingerprint density at radius 1 is 1.39 bits per heavy atom. The molecule has 0 spiro atoms. The van der Waals surface area contributed by atoms with E-state index in [-0.39, 0.29) is 12.1 Å². The summed E-state index contributed by atoms with van der Waals surface area (Å²) in [6, 6.07) is 4.44. The van der Waals surface area contributed by atoms with Crippen molar-refractivity contribution < 1.29 is 5.21 Å². The number of hydrogen-bond acceptors (Lipinski definition) is 4. The minimum Gasteiger partial charge on any atom is -0.313 e. The topological polar surface area (TPSA) is 60.2 Å². The summed E-state index contributed by atoms with van der Waals surface area (Å²) in [5.41, 5.74) is 0.325. The number of piperidine rings is 1. The first-order chi connectivity index (χ1) is 8.64. The van der Waals surface area contributed by atoms with Crippen molar-refractivity contribution in [3.8, 4) is 6.07 Å². The van der Waals surface area contributed by atoms with E-state index >= 15 is 0 Å². The maximum atomic E-state index is 9.92. The third-order valence-electron chi connectivity index (χ3n) is 4.22. The van der Waals surface area contributed by atoms with Gasteiger partial charge in [-0.1, -0.05) is 11.6 Å². The van der Waals surface area contributed by atoms with Crippen LogP contribution in [0.5, 0.6) is 0 Å². The standard InChI is InChI=1S/C13H14ClN3O/c14-10-3-9(6-16-7-10)13(8-15)4-11-1-2-12(5-13)17(11)18/h3,6-7,11-12,18H,1-2,4-5H2/t11-,12+,13?. The maximum Gasteiger partial charge on any atom is 0.0869 e. The number of fused-ring (bicyclic) bond motifs is 2. The van der Waals surface area contributed by atoms with Crippen molar-refractivity contribution in [2.24, 2.45) is 0 Å². The van der Waals surface area contributed by atoms with Crippen LogP contribution in [-0.2, 0) is 5.41 Å². The monoisotopic (exact) mass is 263 g/mol. The molecule has 0 saturated carbocycles. The molecule has 3 atom stereocenters. The lowest BCUT2D eigenvalue weighted by Gasteiger charge is -2.39. The van der Waals surface area contributed by atoms with Gasteiger partial charge in [0, 0.05) is 24.5 Å². The Bertz CT molecular complexity index is 499. The Kier molecular flexibility index (Phi) is 2.78. The van der Waals surface area contributed by atoms with Crippen LogP contribution in [0.1, 0.15) is 31.2 Å². The highest BCUT2D eigenvalue weighted by atomic mass is 35.5. The highest BCUT2D eigenvalue weighted by molar-refractivity contribution is 6.30. The number of hydrogen-bond donors (Lipinski definition) is 1. The smallest absolute Gasteiger partial charge is 0.0869 e. The Morgan fingerprint density at radius 2 is 2.06 bits per heavy atom. The third-order valence-corrected chi connectivity index (χ3v) is 4.43. The second-order valence-electron chi connectivity index (χ2n) is 5.26. The summed E-state index contributed by atoms with van der Waals surface area (Å²) in [6.07, 6.45) is 6.52. The first-order valence-corrected chi connectivity index (χ1v) is 6.52. The fraction of sp³-hybridized carbons (Fsp3) is 0.538. The van der Waals surface area contributed by atoms with Crippen molar-refractivity contribution in [3.63, 3.8) is 0 Å². The molecule has 2 aliphatic heterocycles. The molecule has 2 aliphatic rings. The third kappa shape index (κ3) is 1.71. The normalized spacial score (nSPS) is 35.4. The van der Waals surface area contributed by atoms with E-state index in [2.05, 4.69) is 11.1 Å². The van der Waals surface area contributed by atoms with Gasteiger partial charge in [0.05, 0.1) is 16.5 Å². The largest absolute Gasteiger partial charge is 0.313 e. The van der Waals surface area contributed by atoms with Gasteiger partial charge in [-0.2, -0.15) is 10.3 Å². The summed E-state index contributed by atoms with van der Waals surface area (Å²) < 4.78 is 0. The van der Waals surface area contributed by atoms with E-state index in [0.717, 1.165) is 18.4 Å². The van der Waals surface area contributed by atoms with Crippen molar-refractivity contribution in [1.29, 1.82) is 5.26 Å². The van der Waals surface area contributed by atoms with Gasteiger partial charge in [-0.15, -0.1) is 0 Å². The van der Waals surface area contributed by atoms with Crippen LogP contribution in [0.15, 0.2) is 18.5 Å². The van der Waals surface area contributed by atoms with Crippen molar-refractivity contribution in [1.82, 2.24) is 10.0 Å². The van der Waals surface area contributed by atoms with Crippen molar-refractivity contribution in [2.45, 2.75) is 43.2 Å². The van der Waals surface area contributed by atoms with Gasteiger partial charge >= 0.3 is 0 Å². The van der Waals surface area contributed by atoms with Gasteiger partial charge in [-0.05, 0) is 37.3 Å². The van der Waals surface area contributed by atoms with E-state index in [1.807, 2.05) is 6.07 Å². The van der Waals surface area contributed by atoms with Crippen LogP contribution in [0, 0.1) is 11.3 Å². The summed E-state index contributed by atoms with van der Waals surface area (Å²) in [6.45, 7) is 0. The summed E-state index contributed by atoms with van der Waals surface area (Å²) in [7, 11) is 0. The maximum absolute atomic E-state index is 9.92. The molecule has 2 saturated heterocycles. The molecule has 2 bridgehead atoms. The second kappa shape index (κ2) is 4.20. The van der Waals surface area contributed by atoms with Crippen LogP contribution in [0.25, 0.3) is 0 Å². The Labute approximate surface area is 111 Å². The van der Waals surface area contributed by atoms with Gasteiger partial charge in [0.2, 0.25) is 0 Å². The van der Waals surface area contributed by atoms with E-state index in [1.54, 1.807) is 12.4 Å². The van der Waals surface area contributed by atoms with Crippen molar-refractivity contribution in [3.05, 3.63) is 29.0 Å². The van der Waals surface area contributed by atoms with Crippen LogP contribution < -0.4 is 0 Å². The van der Waals surface area contributed by atoms with Crippen LogP contribution in [0.3, 0.4) is 0 Å². The predicted molar refractivity (Wildman–Crippen MR) is 66.2 cm³/mol. The number of nitrogens with zero attached hydrogens (tertiary/aromatic N) is 3. The first kappa shape index (κ1) is 11.9. The summed E-state index contributed by atoms with van der Waals surface area (Å²) >= 11 is 5.97. The molecule has 3 rings (SSSR count). The van der Waals surface area contributed by atoms with E-state index in [4.69, 9.17) is 11.6 Å². The lowest BCUT2D eigenvalue weighted by atomic mass is 9.72.